The molecule has 5 N–H and O–H groups in total. The normalized spacial score (nSPS) is 21.9. The van der Waals surface area contributed by atoms with Crippen LogP contribution in [0.2, 0.25) is 0 Å². The molecule has 1 aliphatic rings. The highest BCUT2D eigenvalue weighted by molar-refractivity contribution is 5.99. The summed E-state index contributed by atoms with van der Waals surface area (Å²) in [5.74, 6) is -0.227. The predicted molar refractivity (Wildman–Crippen MR) is 73.8 cm³/mol. The van der Waals surface area contributed by atoms with Crippen molar-refractivity contribution in [1.82, 2.24) is 4.98 Å². The Bertz CT molecular complexity index is 488. The molecule has 0 radical (unpaired) electrons. The van der Waals surface area contributed by atoms with E-state index < -0.39 is 5.91 Å². The molecular weight excluding hydrogens is 244 g/mol. The van der Waals surface area contributed by atoms with Crippen molar-refractivity contribution in [3.8, 4) is 0 Å². The van der Waals surface area contributed by atoms with Gasteiger partial charge in [-0.25, -0.2) is 4.98 Å². The zero-order valence-corrected chi connectivity index (χ0v) is 11.3. The Labute approximate surface area is 112 Å². The molecule has 6 nitrogen and oxygen atoms in total. The molecule has 1 aliphatic heterocycles. The van der Waals surface area contributed by atoms with Gasteiger partial charge in [0.05, 0.1) is 23.0 Å². The molecule has 0 bridgehead atoms. The van der Waals surface area contributed by atoms with Crippen LogP contribution in [0, 0.1) is 0 Å². The monoisotopic (exact) mass is 264 g/mol. The topological polar surface area (TPSA) is 103 Å². The summed E-state index contributed by atoms with van der Waals surface area (Å²) in [5.41, 5.74) is 11.8. The number of aromatic nitrogens is 1. The zero-order valence-electron chi connectivity index (χ0n) is 11.3. The van der Waals surface area contributed by atoms with Crippen molar-refractivity contribution in [1.29, 1.82) is 0 Å². The van der Waals surface area contributed by atoms with Gasteiger partial charge in [-0.3, -0.25) is 4.79 Å². The van der Waals surface area contributed by atoms with E-state index in [0.717, 1.165) is 12.8 Å². The number of rotatable bonds is 3. The molecule has 1 saturated heterocycles. The van der Waals surface area contributed by atoms with Gasteiger partial charge in [0, 0.05) is 12.6 Å². The Hall–Kier alpha value is -1.82. The molecule has 104 valence electrons. The number of hydrogen-bond acceptors (Lipinski definition) is 5. The Morgan fingerprint density at radius 2 is 2.32 bits per heavy atom. The van der Waals surface area contributed by atoms with E-state index in [0.29, 0.717) is 17.9 Å². The number of pyridine rings is 1. The third-order valence-electron chi connectivity index (χ3n) is 3.25. The molecule has 0 aromatic carbocycles. The van der Waals surface area contributed by atoms with Gasteiger partial charge in [-0.2, -0.15) is 0 Å². The Kier molecular flexibility index (Phi) is 3.61. The van der Waals surface area contributed by atoms with E-state index in [1.807, 2.05) is 0 Å². The van der Waals surface area contributed by atoms with Crippen molar-refractivity contribution in [3.63, 3.8) is 0 Å². The van der Waals surface area contributed by atoms with Crippen LogP contribution >= 0.6 is 0 Å². The van der Waals surface area contributed by atoms with E-state index in [4.69, 9.17) is 16.2 Å². The van der Waals surface area contributed by atoms with Gasteiger partial charge >= 0.3 is 0 Å². The lowest BCUT2D eigenvalue weighted by atomic mass is 9.93. The number of nitrogen functional groups attached to an aromatic ring is 1. The summed E-state index contributed by atoms with van der Waals surface area (Å²) in [4.78, 5) is 15.4. The molecular formula is C13H20N4O2. The van der Waals surface area contributed by atoms with Gasteiger partial charge in [0.15, 0.2) is 0 Å². The lowest BCUT2D eigenvalue weighted by Gasteiger charge is -2.36. The van der Waals surface area contributed by atoms with Crippen LogP contribution < -0.4 is 16.8 Å². The number of nitrogens with zero attached hydrogens (tertiary/aromatic N) is 1. The van der Waals surface area contributed by atoms with Crippen LogP contribution in [0.5, 0.6) is 0 Å². The van der Waals surface area contributed by atoms with Gasteiger partial charge in [0.1, 0.15) is 5.82 Å². The van der Waals surface area contributed by atoms with Crippen molar-refractivity contribution in [2.45, 2.75) is 38.3 Å². The Balaban J connectivity index is 2.17. The van der Waals surface area contributed by atoms with Crippen molar-refractivity contribution < 1.29 is 9.53 Å². The number of carbonyl (C=O) groups excluding carboxylic acids is 1. The third-order valence-corrected chi connectivity index (χ3v) is 3.25. The lowest BCUT2D eigenvalue weighted by molar-refractivity contribution is -0.0553. The number of nitrogens with one attached hydrogen (secondary N) is 1. The first kappa shape index (κ1) is 13.6. The van der Waals surface area contributed by atoms with E-state index in [-0.39, 0.29) is 17.5 Å². The van der Waals surface area contributed by atoms with Crippen LogP contribution in [0.1, 0.15) is 37.0 Å². The molecule has 1 amide bonds. The fourth-order valence-corrected chi connectivity index (χ4v) is 2.37. The van der Waals surface area contributed by atoms with Gasteiger partial charge in [-0.15, -0.1) is 0 Å². The second-order valence-corrected chi connectivity index (χ2v) is 5.46. The van der Waals surface area contributed by atoms with Crippen LogP contribution in [0.4, 0.5) is 11.5 Å². The minimum Gasteiger partial charge on any atom is -0.384 e. The van der Waals surface area contributed by atoms with Crippen molar-refractivity contribution in [2.24, 2.45) is 5.73 Å². The van der Waals surface area contributed by atoms with Gasteiger partial charge in [0.25, 0.3) is 5.91 Å². The zero-order chi connectivity index (χ0) is 14.0. The highest BCUT2D eigenvalue weighted by Gasteiger charge is 2.29. The van der Waals surface area contributed by atoms with Gasteiger partial charge < -0.3 is 21.5 Å². The van der Waals surface area contributed by atoms with Crippen molar-refractivity contribution in [2.75, 3.05) is 17.7 Å². The number of nitrogens with two attached hydrogens (primary N) is 2. The molecule has 1 aromatic heterocycles. The highest BCUT2D eigenvalue weighted by Crippen LogP contribution is 2.27. The maximum absolute atomic E-state index is 11.4. The fourth-order valence-electron chi connectivity index (χ4n) is 2.37. The van der Waals surface area contributed by atoms with Crippen LogP contribution in [0.3, 0.4) is 0 Å². The first-order chi connectivity index (χ1) is 8.87. The number of ether oxygens (including phenoxy) is 1. The SMILES string of the molecule is CC1(C)CC(Nc2cnc(N)cc2C(N)=O)CCO1. The number of amides is 1. The first-order valence-corrected chi connectivity index (χ1v) is 6.33. The molecule has 19 heavy (non-hydrogen) atoms. The van der Waals surface area contributed by atoms with Crippen molar-refractivity contribution >= 4 is 17.4 Å². The molecule has 0 saturated carbocycles. The smallest absolute Gasteiger partial charge is 0.250 e. The number of primary amides is 1. The second kappa shape index (κ2) is 5.05. The average molecular weight is 264 g/mol. The largest absolute Gasteiger partial charge is 0.384 e. The van der Waals surface area contributed by atoms with E-state index in [9.17, 15) is 4.79 Å². The molecule has 1 fully saturated rings. The minimum absolute atomic E-state index is 0.163. The lowest BCUT2D eigenvalue weighted by Crippen LogP contribution is -2.40. The molecule has 0 spiro atoms. The van der Waals surface area contributed by atoms with Crippen molar-refractivity contribution in [3.05, 3.63) is 17.8 Å². The van der Waals surface area contributed by atoms with Crippen LogP contribution in [-0.4, -0.2) is 29.1 Å². The second-order valence-electron chi connectivity index (χ2n) is 5.46. The maximum Gasteiger partial charge on any atom is 0.250 e. The standard InChI is InChI=1S/C13H20N4O2/c1-13(2)6-8(3-4-19-13)17-10-7-16-11(14)5-9(10)12(15)18/h5,7-8,17H,3-4,6H2,1-2H3,(H2,14,16)(H2,15,18). The van der Waals surface area contributed by atoms with Gasteiger partial charge in [-0.1, -0.05) is 0 Å². The van der Waals surface area contributed by atoms with E-state index >= 15 is 0 Å². The van der Waals surface area contributed by atoms with Gasteiger partial charge in [-0.05, 0) is 32.8 Å². The molecule has 2 rings (SSSR count). The Morgan fingerprint density at radius 1 is 1.58 bits per heavy atom. The maximum atomic E-state index is 11.4. The number of carbonyl (C=O) groups is 1. The molecule has 1 atom stereocenters. The molecule has 1 unspecified atom stereocenters. The summed E-state index contributed by atoms with van der Waals surface area (Å²) in [6.07, 6.45) is 3.29. The molecule has 0 aliphatic carbocycles. The van der Waals surface area contributed by atoms with Crippen LogP contribution in [0.25, 0.3) is 0 Å². The minimum atomic E-state index is -0.511. The quantitative estimate of drug-likeness (QED) is 0.759. The summed E-state index contributed by atoms with van der Waals surface area (Å²) in [7, 11) is 0. The summed E-state index contributed by atoms with van der Waals surface area (Å²) < 4.78 is 5.66. The third kappa shape index (κ3) is 3.35. The van der Waals surface area contributed by atoms with Gasteiger partial charge in [0.2, 0.25) is 0 Å². The summed E-state index contributed by atoms with van der Waals surface area (Å²) >= 11 is 0. The van der Waals surface area contributed by atoms with E-state index in [1.54, 1.807) is 6.20 Å². The summed E-state index contributed by atoms with van der Waals surface area (Å²) in [6, 6.07) is 1.72. The molecule has 6 heteroatoms. The average Bonchev–Trinajstić information content (AvgIpc) is 2.30. The number of anilines is 2. The first-order valence-electron chi connectivity index (χ1n) is 6.33. The highest BCUT2D eigenvalue weighted by atomic mass is 16.5. The van der Waals surface area contributed by atoms with Crippen LogP contribution in [-0.2, 0) is 4.74 Å². The van der Waals surface area contributed by atoms with E-state index in [1.165, 1.54) is 6.07 Å². The van der Waals surface area contributed by atoms with Crippen LogP contribution in [0.15, 0.2) is 12.3 Å². The van der Waals surface area contributed by atoms with E-state index in [2.05, 4.69) is 24.1 Å². The molecule has 2 heterocycles. The predicted octanol–water partition coefficient (Wildman–Crippen LogP) is 1.13. The summed E-state index contributed by atoms with van der Waals surface area (Å²) in [5, 5.41) is 3.31. The summed E-state index contributed by atoms with van der Waals surface area (Å²) in [6.45, 7) is 4.80. The number of hydrogen-bond donors (Lipinski definition) is 3. The Morgan fingerprint density at radius 3 is 2.95 bits per heavy atom. The molecule has 1 aromatic rings. The fraction of sp³-hybridized carbons (Fsp3) is 0.538.